The highest BCUT2D eigenvalue weighted by Crippen LogP contribution is 2.45. The maximum Gasteiger partial charge on any atom is 0.335 e. The van der Waals surface area contributed by atoms with Gasteiger partial charge in [0.2, 0.25) is 0 Å². The van der Waals surface area contributed by atoms with Gasteiger partial charge in [-0.15, -0.1) is 0 Å². The number of piperidine rings is 1. The molecule has 0 unspecified atom stereocenters. The van der Waals surface area contributed by atoms with Crippen LogP contribution in [0.5, 0.6) is 17.2 Å². The van der Waals surface area contributed by atoms with Crippen molar-refractivity contribution in [2.24, 2.45) is 7.05 Å². The molecular weight excluding hydrogens is 537 g/mol. The number of rotatable bonds is 6. The van der Waals surface area contributed by atoms with Gasteiger partial charge in [-0.25, -0.2) is 14.2 Å². The summed E-state index contributed by atoms with van der Waals surface area (Å²) in [5.41, 5.74) is 3.04. The highest BCUT2D eigenvalue weighted by atomic mass is 35.5. The van der Waals surface area contributed by atoms with Crippen LogP contribution in [0.4, 0.5) is 4.39 Å². The van der Waals surface area contributed by atoms with Crippen LogP contribution in [0.1, 0.15) is 52.2 Å². The molecule has 2 aliphatic rings. The molecule has 3 aromatic carbocycles. The summed E-state index contributed by atoms with van der Waals surface area (Å²) in [5, 5.41) is 9.82. The molecule has 1 saturated heterocycles. The summed E-state index contributed by atoms with van der Waals surface area (Å²) in [6.07, 6.45) is 1.27. The smallest absolute Gasteiger partial charge is 0.335 e. The van der Waals surface area contributed by atoms with Gasteiger partial charge in [0, 0.05) is 23.2 Å². The summed E-state index contributed by atoms with van der Waals surface area (Å²) in [4.78, 5) is 18.7. The van der Waals surface area contributed by atoms with Crippen molar-refractivity contribution in [2.75, 3.05) is 26.8 Å². The number of methoxy groups -OCH3 is 1. The minimum Gasteiger partial charge on any atom is -0.494 e. The molecule has 1 aromatic heterocycles. The second kappa shape index (κ2) is 10.6. The van der Waals surface area contributed by atoms with Crippen LogP contribution in [0, 0.1) is 5.82 Å². The van der Waals surface area contributed by atoms with Crippen LogP contribution in [0.3, 0.4) is 0 Å². The molecule has 0 spiro atoms. The van der Waals surface area contributed by atoms with Crippen LogP contribution in [-0.2, 0) is 13.6 Å². The Morgan fingerprint density at radius 1 is 1.18 bits per heavy atom. The first kappa shape index (κ1) is 26.4. The first-order chi connectivity index (χ1) is 19.3. The number of carboxylic acids is 1. The van der Waals surface area contributed by atoms with Crippen molar-refractivity contribution in [3.05, 3.63) is 81.9 Å². The third-order valence-electron chi connectivity index (χ3n) is 7.87. The lowest BCUT2D eigenvalue weighted by Crippen LogP contribution is -2.33. The Balaban J connectivity index is 1.17. The number of fused-ring (bicyclic) bond motifs is 2. The van der Waals surface area contributed by atoms with Gasteiger partial charge in [-0.3, -0.25) is 4.90 Å². The van der Waals surface area contributed by atoms with Gasteiger partial charge in [-0.2, -0.15) is 0 Å². The molecular formula is C30H29ClFN3O5. The number of halogens is 2. The van der Waals surface area contributed by atoms with E-state index in [2.05, 4.69) is 11.0 Å². The maximum absolute atomic E-state index is 14.6. The van der Waals surface area contributed by atoms with E-state index < -0.39 is 17.9 Å². The standard InChI is InChI=1S/C30H29ClFN3O5/c1-34-23-12-18(30(36)37)13-25(38-2)28(23)33-27(34)15-35-10-8-17(9-11-35)20-4-3-5-24-29(20)40-26(16-39-24)21-7-6-19(31)14-22(21)32/h3-7,12-14,17,26H,8-11,15-16H2,1-2H3,(H,36,37)/t26-/m1/s1. The topological polar surface area (TPSA) is 86.1 Å². The SMILES string of the molecule is COc1cc(C(=O)O)cc2c1nc(CN1CCC(c3cccc4c3O[C@@H](c3ccc(Cl)cc3F)CO4)CC1)n2C. The number of hydrogen-bond donors (Lipinski definition) is 1. The Morgan fingerprint density at radius 3 is 2.70 bits per heavy atom. The number of aryl methyl sites for hydroxylation is 1. The zero-order valence-electron chi connectivity index (χ0n) is 22.2. The van der Waals surface area contributed by atoms with Crippen molar-refractivity contribution >= 4 is 28.6 Å². The zero-order valence-corrected chi connectivity index (χ0v) is 22.9. The van der Waals surface area contributed by atoms with Crippen molar-refractivity contribution in [3.8, 4) is 17.2 Å². The van der Waals surface area contributed by atoms with E-state index in [1.807, 2.05) is 23.7 Å². The number of imidazole rings is 1. The van der Waals surface area contributed by atoms with Crippen molar-refractivity contribution in [3.63, 3.8) is 0 Å². The van der Waals surface area contributed by atoms with Gasteiger partial charge in [0.1, 0.15) is 29.5 Å². The fraction of sp³-hybridized carbons (Fsp3) is 0.333. The van der Waals surface area contributed by atoms with E-state index in [1.54, 1.807) is 18.2 Å². The Labute approximate surface area is 235 Å². The van der Waals surface area contributed by atoms with Gasteiger partial charge >= 0.3 is 5.97 Å². The quantitative estimate of drug-likeness (QED) is 0.308. The molecule has 1 fully saturated rings. The predicted molar refractivity (Wildman–Crippen MR) is 148 cm³/mol. The summed E-state index contributed by atoms with van der Waals surface area (Å²) >= 11 is 5.94. The average Bonchev–Trinajstić information content (AvgIpc) is 3.27. The maximum atomic E-state index is 14.6. The van der Waals surface area contributed by atoms with E-state index in [0.717, 1.165) is 42.8 Å². The van der Waals surface area contributed by atoms with Crippen molar-refractivity contribution in [1.82, 2.24) is 14.5 Å². The molecule has 0 radical (unpaired) electrons. The Kier molecular flexibility index (Phi) is 7.02. The van der Waals surface area contributed by atoms with Crippen LogP contribution < -0.4 is 14.2 Å². The Bertz CT molecular complexity index is 1600. The first-order valence-electron chi connectivity index (χ1n) is 13.2. The predicted octanol–water partition coefficient (Wildman–Crippen LogP) is 5.96. The van der Waals surface area contributed by atoms with Gasteiger partial charge in [-0.05, 0) is 62.2 Å². The summed E-state index contributed by atoms with van der Waals surface area (Å²) in [7, 11) is 3.42. The number of ether oxygens (including phenoxy) is 3. The summed E-state index contributed by atoms with van der Waals surface area (Å²) in [6.45, 7) is 2.56. The fourth-order valence-corrected chi connectivity index (χ4v) is 5.84. The number of hydrogen-bond acceptors (Lipinski definition) is 6. The minimum atomic E-state index is -1.01. The monoisotopic (exact) mass is 565 g/mol. The van der Waals surface area contributed by atoms with E-state index in [1.165, 1.54) is 19.2 Å². The van der Waals surface area contributed by atoms with Crippen LogP contribution in [0.15, 0.2) is 48.5 Å². The number of likely N-dealkylation sites (tertiary alicyclic amines) is 1. The Hall–Kier alpha value is -3.82. The molecule has 1 N–H and O–H groups in total. The van der Waals surface area contributed by atoms with Gasteiger partial charge in [0.25, 0.3) is 0 Å². The van der Waals surface area contributed by atoms with Gasteiger partial charge in [-0.1, -0.05) is 29.8 Å². The number of carbonyl (C=O) groups is 1. The molecule has 10 heteroatoms. The number of carboxylic acid groups (broad SMARTS) is 1. The minimum absolute atomic E-state index is 0.165. The summed E-state index contributed by atoms with van der Waals surface area (Å²) in [6, 6.07) is 13.7. The highest BCUT2D eigenvalue weighted by molar-refractivity contribution is 6.30. The second-order valence-electron chi connectivity index (χ2n) is 10.2. The normalized spacial score (nSPS) is 17.8. The fourth-order valence-electron chi connectivity index (χ4n) is 5.68. The number of aromatic nitrogens is 2. The van der Waals surface area contributed by atoms with Crippen LogP contribution in [0.25, 0.3) is 11.0 Å². The number of para-hydroxylation sites is 1. The molecule has 3 heterocycles. The molecule has 40 heavy (non-hydrogen) atoms. The third-order valence-corrected chi connectivity index (χ3v) is 8.11. The molecule has 1 atom stereocenters. The lowest BCUT2D eigenvalue weighted by atomic mass is 9.88. The zero-order chi connectivity index (χ0) is 28.0. The van der Waals surface area contributed by atoms with Crippen molar-refractivity contribution in [2.45, 2.75) is 31.4 Å². The van der Waals surface area contributed by atoms with Crippen molar-refractivity contribution in [1.29, 1.82) is 0 Å². The van der Waals surface area contributed by atoms with E-state index in [0.29, 0.717) is 39.9 Å². The molecule has 208 valence electrons. The molecule has 0 bridgehead atoms. The van der Waals surface area contributed by atoms with Gasteiger partial charge < -0.3 is 23.9 Å². The van der Waals surface area contributed by atoms with Gasteiger partial charge in [0.05, 0.1) is 24.7 Å². The molecule has 0 saturated carbocycles. The molecule has 8 nitrogen and oxygen atoms in total. The second-order valence-corrected chi connectivity index (χ2v) is 10.7. The number of benzene rings is 3. The van der Waals surface area contributed by atoms with Crippen LogP contribution >= 0.6 is 11.6 Å². The average molecular weight is 566 g/mol. The molecule has 6 rings (SSSR count). The summed E-state index contributed by atoms with van der Waals surface area (Å²) < 4.78 is 34.3. The highest BCUT2D eigenvalue weighted by Gasteiger charge is 2.31. The lowest BCUT2D eigenvalue weighted by molar-refractivity contribution is 0.0696. The van der Waals surface area contributed by atoms with E-state index in [4.69, 9.17) is 30.8 Å². The van der Waals surface area contributed by atoms with E-state index >= 15 is 0 Å². The number of nitrogens with zero attached hydrogens (tertiary/aromatic N) is 3. The van der Waals surface area contributed by atoms with Crippen molar-refractivity contribution < 1.29 is 28.5 Å². The largest absolute Gasteiger partial charge is 0.494 e. The van der Waals surface area contributed by atoms with E-state index in [9.17, 15) is 14.3 Å². The Morgan fingerprint density at radius 2 is 1.98 bits per heavy atom. The molecule has 0 amide bonds. The lowest BCUT2D eigenvalue weighted by Gasteiger charge is -2.35. The van der Waals surface area contributed by atoms with Crippen LogP contribution in [0.2, 0.25) is 5.02 Å². The van der Waals surface area contributed by atoms with Crippen LogP contribution in [-0.4, -0.2) is 52.3 Å². The number of aromatic carboxylic acids is 1. The molecule has 4 aromatic rings. The van der Waals surface area contributed by atoms with E-state index in [-0.39, 0.29) is 18.1 Å². The first-order valence-corrected chi connectivity index (χ1v) is 13.6. The third kappa shape index (κ3) is 4.84. The molecule has 0 aliphatic carbocycles. The summed E-state index contributed by atoms with van der Waals surface area (Å²) in [5.74, 6) is 1.51. The molecule has 2 aliphatic heterocycles. The van der Waals surface area contributed by atoms with Gasteiger partial charge in [0.15, 0.2) is 17.6 Å².